The van der Waals surface area contributed by atoms with Gasteiger partial charge in [-0.25, -0.2) is 9.18 Å². The predicted molar refractivity (Wildman–Crippen MR) is 103 cm³/mol. The molecular formula is C22H16ClFO4. The molecule has 0 aliphatic rings. The van der Waals surface area contributed by atoms with E-state index in [1.807, 2.05) is 0 Å². The van der Waals surface area contributed by atoms with Crippen molar-refractivity contribution in [1.29, 1.82) is 0 Å². The second-order valence-electron chi connectivity index (χ2n) is 5.92. The molecule has 142 valence electrons. The van der Waals surface area contributed by atoms with Crippen LogP contribution in [0.25, 0.3) is 0 Å². The maximum atomic E-state index is 13.0. The molecule has 3 aromatic rings. The average Bonchev–Trinajstić information content (AvgIpc) is 2.71. The van der Waals surface area contributed by atoms with Crippen LogP contribution in [0.1, 0.15) is 26.3 Å². The number of hydrogen-bond donors (Lipinski definition) is 0. The number of ether oxygens (including phenoxy) is 2. The highest BCUT2D eigenvalue weighted by Gasteiger charge is 2.16. The van der Waals surface area contributed by atoms with Crippen LogP contribution in [0.5, 0.6) is 5.75 Å². The van der Waals surface area contributed by atoms with Crippen molar-refractivity contribution >= 4 is 23.4 Å². The van der Waals surface area contributed by atoms with Crippen LogP contribution in [0.15, 0.2) is 72.8 Å². The summed E-state index contributed by atoms with van der Waals surface area (Å²) in [5, 5.41) is 0.428. The molecule has 0 radical (unpaired) electrons. The van der Waals surface area contributed by atoms with Crippen LogP contribution in [0.4, 0.5) is 4.39 Å². The summed E-state index contributed by atoms with van der Waals surface area (Å²) in [4.78, 5) is 24.6. The summed E-state index contributed by atoms with van der Waals surface area (Å²) >= 11 is 5.86. The van der Waals surface area contributed by atoms with Crippen molar-refractivity contribution in [3.63, 3.8) is 0 Å². The maximum absolute atomic E-state index is 13.0. The van der Waals surface area contributed by atoms with E-state index in [0.717, 1.165) is 5.56 Å². The van der Waals surface area contributed by atoms with Crippen molar-refractivity contribution in [2.45, 2.75) is 6.61 Å². The van der Waals surface area contributed by atoms with Gasteiger partial charge in [-0.15, -0.1) is 0 Å². The van der Waals surface area contributed by atoms with Crippen LogP contribution in [0.3, 0.4) is 0 Å². The summed E-state index contributed by atoms with van der Waals surface area (Å²) in [7, 11) is 0. The topological polar surface area (TPSA) is 52.6 Å². The molecule has 0 spiro atoms. The molecule has 0 N–H and O–H groups in total. The van der Waals surface area contributed by atoms with E-state index in [1.165, 1.54) is 18.2 Å². The summed E-state index contributed by atoms with van der Waals surface area (Å²) in [5.74, 6) is -1.06. The summed E-state index contributed by atoms with van der Waals surface area (Å²) in [5.41, 5.74) is 1.31. The number of ketones is 1. The summed E-state index contributed by atoms with van der Waals surface area (Å²) < 4.78 is 23.8. The Morgan fingerprint density at radius 3 is 2.43 bits per heavy atom. The summed E-state index contributed by atoms with van der Waals surface area (Å²) in [6, 6.07) is 18.8. The van der Waals surface area contributed by atoms with Gasteiger partial charge in [-0.2, -0.15) is 0 Å². The largest absolute Gasteiger partial charge is 0.488 e. The Morgan fingerprint density at radius 1 is 0.929 bits per heavy atom. The fourth-order valence-electron chi connectivity index (χ4n) is 2.46. The first kappa shape index (κ1) is 19.6. The molecular weight excluding hydrogens is 383 g/mol. The van der Waals surface area contributed by atoms with Crippen LogP contribution in [0.2, 0.25) is 5.02 Å². The van der Waals surface area contributed by atoms with E-state index < -0.39 is 12.6 Å². The molecule has 0 unspecified atom stereocenters. The molecule has 0 aromatic heterocycles. The van der Waals surface area contributed by atoms with E-state index in [4.69, 9.17) is 21.1 Å². The molecule has 0 heterocycles. The van der Waals surface area contributed by atoms with Gasteiger partial charge in [0.2, 0.25) is 0 Å². The first-order valence-electron chi connectivity index (χ1n) is 8.45. The van der Waals surface area contributed by atoms with Crippen LogP contribution in [-0.2, 0) is 11.3 Å². The monoisotopic (exact) mass is 398 g/mol. The highest BCUT2D eigenvalue weighted by Crippen LogP contribution is 2.21. The molecule has 0 atom stereocenters. The fraction of sp³-hybridized carbons (Fsp3) is 0.0909. The number of para-hydroxylation sites is 1. The van der Waals surface area contributed by atoms with E-state index in [9.17, 15) is 14.0 Å². The number of benzene rings is 3. The summed E-state index contributed by atoms with van der Waals surface area (Å²) in [6.07, 6.45) is 0. The second-order valence-corrected chi connectivity index (χ2v) is 6.36. The zero-order chi connectivity index (χ0) is 19.9. The molecule has 0 amide bonds. The van der Waals surface area contributed by atoms with Gasteiger partial charge in [-0.1, -0.05) is 48.0 Å². The van der Waals surface area contributed by atoms with Crippen molar-refractivity contribution in [1.82, 2.24) is 0 Å². The highest BCUT2D eigenvalue weighted by molar-refractivity contribution is 6.31. The lowest BCUT2D eigenvalue weighted by molar-refractivity contribution is 0.0470. The number of carbonyl (C=O) groups excluding carboxylic acids is 2. The highest BCUT2D eigenvalue weighted by atomic mass is 35.5. The minimum atomic E-state index is -0.676. The van der Waals surface area contributed by atoms with Crippen LogP contribution < -0.4 is 4.74 Å². The van der Waals surface area contributed by atoms with Gasteiger partial charge in [0.1, 0.15) is 23.7 Å². The molecule has 3 aromatic carbocycles. The Bertz CT molecular complexity index is 986. The molecule has 6 heteroatoms. The number of esters is 1. The Hall–Kier alpha value is -3.18. The van der Waals surface area contributed by atoms with Gasteiger partial charge in [0.25, 0.3) is 0 Å². The predicted octanol–water partition coefficient (Wildman–Crippen LogP) is 5.10. The SMILES string of the molecule is O=C(COC(=O)c1ccccc1OCc1ccc(F)cc1)c1cccc(Cl)c1. The molecule has 0 aliphatic carbocycles. The molecule has 28 heavy (non-hydrogen) atoms. The number of halogens is 2. The molecule has 0 bridgehead atoms. The lowest BCUT2D eigenvalue weighted by Gasteiger charge is -2.11. The van der Waals surface area contributed by atoms with Crippen molar-refractivity contribution in [3.05, 3.63) is 100 Å². The van der Waals surface area contributed by atoms with Crippen molar-refractivity contribution in [2.75, 3.05) is 6.61 Å². The molecule has 0 aliphatic heterocycles. The standard InChI is InChI=1S/C22H16ClFO4/c23-17-5-3-4-16(12-17)20(25)14-28-22(26)19-6-1-2-7-21(19)27-13-15-8-10-18(24)11-9-15/h1-12H,13-14H2. The lowest BCUT2D eigenvalue weighted by Crippen LogP contribution is -2.15. The molecule has 3 rings (SSSR count). The van der Waals surface area contributed by atoms with Crippen LogP contribution in [0, 0.1) is 5.82 Å². The number of rotatable bonds is 7. The zero-order valence-corrected chi connectivity index (χ0v) is 15.5. The van der Waals surface area contributed by atoms with E-state index in [-0.39, 0.29) is 23.8 Å². The molecule has 0 fully saturated rings. The van der Waals surface area contributed by atoms with Gasteiger partial charge < -0.3 is 9.47 Å². The van der Waals surface area contributed by atoms with Crippen molar-refractivity contribution < 1.29 is 23.5 Å². The van der Waals surface area contributed by atoms with Gasteiger partial charge in [-0.3, -0.25) is 4.79 Å². The van der Waals surface area contributed by atoms with E-state index in [1.54, 1.807) is 54.6 Å². The normalized spacial score (nSPS) is 10.4. The smallest absolute Gasteiger partial charge is 0.342 e. The molecule has 0 saturated heterocycles. The first-order valence-corrected chi connectivity index (χ1v) is 8.83. The Morgan fingerprint density at radius 2 is 1.68 bits per heavy atom. The first-order chi connectivity index (χ1) is 13.5. The van der Waals surface area contributed by atoms with Crippen molar-refractivity contribution in [2.24, 2.45) is 0 Å². The Kier molecular flexibility index (Phi) is 6.40. The van der Waals surface area contributed by atoms with E-state index >= 15 is 0 Å². The minimum absolute atomic E-state index is 0.159. The van der Waals surface area contributed by atoms with Gasteiger partial charge >= 0.3 is 5.97 Å². The van der Waals surface area contributed by atoms with Gasteiger partial charge in [0, 0.05) is 10.6 Å². The number of hydrogen-bond acceptors (Lipinski definition) is 4. The van der Waals surface area contributed by atoms with Gasteiger partial charge in [-0.05, 0) is 42.0 Å². The summed E-state index contributed by atoms with van der Waals surface area (Å²) in [6.45, 7) is -0.252. The molecule has 4 nitrogen and oxygen atoms in total. The van der Waals surface area contributed by atoms with Gasteiger partial charge in [0.15, 0.2) is 12.4 Å². The van der Waals surface area contributed by atoms with Crippen molar-refractivity contribution in [3.8, 4) is 5.75 Å². The Balaban J connectivity index is 1.63. The fourth-order valence-corrected chi connectivity index (χ4v) is 2.65. The Labute approximate surface area is 166 Å². The average molecular weight is 399 g/mol. The number of Topliss-reactive ketones (excluding diaryl/α,β-unsaturated/α-hetero) is 1. The number of carbonyl (C=O) groups is 2. The van der Waals surface area contributed by atoms with Gasteiger partial charge in [0.05, 0.1) is 0 Å². The third-order valence-corrected chi connectivity index (χ3v) is 4.13. The third-order valence-electron chi connectivity index (χ3n) is 3.90. The lowest BCUT2D eigenvalue weighted by atomic mass is 10.1. The van der Waals surface area contributed by atoms with Crippen LogP contribution >= 0.6 is 11.6 Å². The van der Waals surface area contributed by atoms with E-state index in [2.05, 4.69) is 0 Å². The minimum Gasteiger partial charge on any atom is -0.488 e. The molecule has 0 saturated carbocycles. The maximum Gasteiger partial charge on any atom is 0.342 e. The second kappa shape index (κ2) is 9.15. The zero-order valence-electron chi connectivity index (χ0n) is 14.7. The third kappa shape index (κ3) is 5.18. The van der Waals surface area contributed by atoms with Crippen LogP contribution in [-0.4, -0.2) is 18.4 Å². The van der Waals surface area contributed by atoms with E-state index in [0.29, 0.717) is 16.3 Å². The quantitative estimate of drug-likeness (QED) is 0.410.